The highest BCUT2D eigenvalue weighted by molar-refractivity contribution is 7.18. The molecule has 1 heterocycles. The van der Waals surface area contributed by atoms with Gasteiger partial charge >= 0.3 is 5.97 Å². The van der Waals surface area contributed by atoms with Gasteiger partial charge in [-0.15, -0.1) is 11.3 Å². The van der Waals surface area contributed by atoms with Crippen LogP contribution in [-0.4, -0.2) is 17.0 Å². The Hall–Kier alpha value is -2.92. The number of aromatic carboxylic acids is 1. The van der Waals surface area contributed by atoms with E-state index in [-0.39, 0.29) is 10.8 Å². The predicted molar refractivity (Wildman–Crippen MR) is 109 cm³/mol. The second-order valence-electron chi connectivity index (χ2n) is 6.35. The number of nitrogens with one attached hydrogen (secondary N) is 1. The molecule has 138 valence electrons. The van der Waals surface area contributed by atoms with Crippen LogP contribution in [0, 0.1) is 6.92 Å². The summed E-state index contributed by atoms with van der Waals surface area (Å²) in [6, 6.07) is 19.4. The van der Waals surface area contributed by atoms with Gasteiger partial charge in [-0.3, -0.25) is 4.79 Å². The van der Waals surface area contributed by atoms with Crippen LogP contribution in [0.1, 0.15) is 33.6 Å². The van der Waals surface area contributed by atoms with Crippen LogP contribution in [0.3, 0.4) is 0 Å². The number of hydrogen-bond donors (Lipinski definition) is 2. The molecule has 0 spiro atoms. The van der Waals surface area contributed by atoms with Gasteiger partial charge in [0.15, 0.2) is 0 Å². The molecule has 0 radical (unpaired) electrons. The lowest BCUT2D eigenvalue weighted by Crippen LogP contribution is -2.13. The van der Waals surface area contributed by atoms with Crippen molar-refractivity contribution in [3.63, 3.8) is 0 Å². The maximum atomic E-state index is 12.3. The van der Waals surface area contributed by atoms with Crippen molar-refractivity contribution in [3.05, 3.63) is 76.7 Å². The zero-order valence-electron chi connectivity index (χ0n) is 15.1. The van der Waals surface area contributed by atoms with Gasteiger partial charge in [-0.25, -0.2) is 4.79 Å². The Morgan fingerprint density at radius 3 is 2.44 bits per heavy atom. The van der Waals surface area contributed by atoms with Crippen molar-refractivity contribution in [2.45, 2.75) is 26.2 Å². The van der Waals surface area contributed by atoms with Crippen LogP contribution in [-0.2, 0) is 11.2 Å². The lowest BCUT2D eigenvalue weighted by Gasteiger charge is -2.06. The average molecular weight is 379 g/mol. The Bertz CT molecular complexity index is 947. The van der Waals surface area contributed by atoms with Gasteiger partial charge in [0.05, 0.1) is 5.69 Å². The van der Waals surface area contributed by atoms with E-state index in [0.29, 0.717) is 12.1 Å². The van der Waals surface area contributed by atoms with Crippen LogP contribution in [0.2, 0.25) is 0 Å². The van der Waals surface area contributed by atoms with Crippen LogP contribution >= 0.6 is 11.3 Å². The molecule has 0 unspecified atom stereocenters. The second kappa shape index (κ2) is 8.64. The van der Waals surface area contributed by atoms with Crippen molar-refractivity contribution in [1.82, 2.24) is 0 Å². The molecule has 0 saturated heterocycles. The Balaban J connectivity index is 1.65. The van der Waals surface area contributed by atoms with Gasteiger partial charge in [0.2, 0.25) is 5.91 Å². The van der Waals surface area contributed by atoms with E-state index < -0.39 is 5.97 Å². The molecule has 27 heavy (non-hydrogen) atoms. The highest BCUT2D eigenvalue weighted by atomic mass is 32.1. The van der Waals surface area contributed by atoms with Crippen LogP contribution in [0.15, 0.2) is 60.7 Å². The Labute approximate surface area is 162 Å². The maximum absolute atomic E-state index is 12.3. The molecule has 0 aliphatic rings. The minimum atomic E-state index is -1.03. The summed E-state index contributed by atoms with van der Waals surface area (Å²) in [4.78, 5) is 24.8. The molecule has 3 aromatic rings. The molecule has 2 aromatic carbocycles. The summed E-state index contributed by atoms with van der Waals surface area (Å²) in [5, 5.41) is 12.2. The van der Waals surface area contributed by atoms with Crippen molar-refractivity contribution >= 4 is 28.9 Å². The Morgan fingerprint density at radius 2 is 1.74 bits per heavy atom. The number of carbonyl (C=O) groups excluding carboxylic acids is 1. The molecule has 1 aromatic heterocycles. The molecule has 2 N–H and O–H groups in total. The number of thiophene rings is 1. The summed E-state index contributed by atoms with van der Waals surface area (Å²) in [6.07, 6.45) is 1.89. The maximum Gasteiger partial charge on any atom is 0.348 e. The van der Waals surface area contributed by atoms with Gasteiger partial charge in [0.1, 0.15) is 4.88 Å². The molecule has 0 atom stereocenters. The number of carbonyl (C=O) groups is 2. The first-order valence-corrected chi connectivity index (χ1v) is 9.63. The zero-order chi connectivity index (χ0) is 19.2. The third-order valence-corrected chi connectivity index (χ3v) is 5.54. The number of rotatable bonds is 7. The van der Waals surface area contributed by atoms with Gasteiger partial charge < -0.3 is 10.4 Å². The van der Waals surface area contributed by atoms with Crippen LogP contribution < -0.4 is 5.32 Å². The minimum absolute atomic E-state index is 0.154. The van der Waals surface area contributed by atoms with Crippen LogP contribution in [0.25, 0.3) is 10.4 Å². The summed E-state index contributed by atoms with van der Waals surface area (Å²) >= 11 is 1.17. The summed E-state index contributed by atoms with van der Waals surface area (Å²) in [5.74, 6) is -1.19. The molecular formula is C22H21NO3S. The van der Waals surface area contributed by atoms with E-state index in [1.165, 1.54) is 22.5 Å². The Kier molecular flexibility index (Phi) is 6.04. The molecule has 0 aliphatic heterocycles. The summed E-state index contributed by atoms with van der Waals surface area (Å²) in [7, 11) is 0. The molecule has 0 aliphatic carbocycles. The van der Waals surface area contributed by atoms with E-state index in [9.17, 15) is 14.7 Å². The molecule has 1 amide bonds. The van der Waals surface area contributed by atoms with Gasteiger partial charge in [-0.05, 0) is 42.5 Å². The number of amides is 1. The van der Waals surface area contributed by atoms with Crippen LogP contribution in [0.4, 0.5) is 5.69 Å². The number of hydrogen-bond acceptors (Lipinski definition) is 3. The quantitative estimate of drug-likeness (QED) is 0.579. The molecule has 4 nitrogen and oxygen atoms in total. The van der Waals surface area contributed by atoms with Crippen molar-refractivity contribution in [2.24, 2.45) is 0 Å². The first-order chi connectivity index (χ1) is 13.0. The van der Waals surface area contributed by atoms with E-state index in [4.69, 9.17) is 0 Å². The smallest absolute Gasteiger partial charge is 0.348 e. The fourth-order valence-electron chi connectivity index (χ4n) is 2.93. The molecule has 0 bridgehead atoms. The van der Waals surface area contributed by atoms with Crippen molar-refractivity contribution in [3.8, 4) is 10.4 Å². The monoisotopic (exact) mass is 379 g/mol. The number of carboxylic acids is 1. The second-order valence-corrected chi connectivity index (χ2v) is 7.41. The number of carboxylic acid groups (broad SMARTS) is 1. The van der Waals surface area contributed by atoms with E-state index in [2.05, 4.69) is 24.4 Å². The summed E-state index contributed by atoms with van der Waals surface area (Å²) in [5.41, 5.74) is 3.76. The third-order valence-electron chi connectivity index (χ3n) is 4.37. The lowest BCUT2D eigenvalue weighted by atomic mass is 10.0. The van der Waals surface area contributed by atoms with Gasteiger partial charge in [0.25, 0.3) is 0 Å². The van der Waals surface area contributed by atoms with E-state index in [1.807, 2.05) is 42.5 Å². The van der Waals surface area contributed by atoms with Crippen molar-refractivity contribution in [1.29, 1.82) is 0 Å². The molecule has 0 saturated carbocycles. The van der Waals surface area contributed by atoms with Crippen molar-refractivity contribution < 1.29 is 14.7 Å². The molecule has 5 heteroatoms. The fourth-order valence-corrected chi connectivity index (χ4v) is 3.89. The SMILES string of the molecule is Cc1ccccc1CCCC(=O)Nc1cc(-c2ccccc2)sc1C(=O)O. The largest absolute Gasteiger partial charge is 0.477 e. The summed E-state index contributed by atoms with van der Waals surface area (Å²) < 4.78 is 0. The fraction of sp³-hybridized carbons (Fsp3) is 0.182. The lowest BCUT2D eigenvalue weighted by molar-refractivity contribution is -0.116. The number of benzene rings is 2. The highest BCUT2D eigenvalue weighted by Gasteiger charge is 2.18. The van der Waals surface area contributed by atoms with Gasteiger partial charge in [-0.2, -0.15) is 0 Å². The molecular weight excluding hydrogens is 358 g/mol. The minimum Gasteiger partial charge on any atom is -0.477 e. The molecule has 3 rings (SSSR count). The Morgan fingerprint density at radius 1 is 1.04 bits per heavy atom. The summed E-state index contributed by atoms with van der Waals surface area (Å²) in [6.45, 7) is 2.06. The third kappa shape index (κ3) is 4.83. The van der Waals surface area contributed by atoms with Crippen LogP contribution in [0.5, 0.6) is 0 Å². The zero-order valence-corrected chi connectivity index (χ0v) is 15.9. The standard InChI is InChI=1S/C22H21NO3S/c1-15-8-5-6-9-16(15)12-7-13-20(24)23-18-14-19(27-21(18)22(25)26)17-10-3-2-4-11-17/h2-6,8-11,14H,7,12-13H2,1H3,(H,23,24)(H,25,26). The first-order valence-electron chi connectivity index (χ1n) is 8.81. The number of anilines is 1. The normalized spacial score (nSPS) is 10.6. The van der Waals surface area contributed by atoms with E-state index in [0.717, 1.165) is 23.3 Å². The van der Waals surface area contributed by atoms with Crippen molar-refractivity contribution in [2.75, 3.05) is 5.32 Å². The topological polar surface area (TPSA) is 66.4 Å². The predicted octanol–water partition coefficient (Wildman–Crippen LogP) is 5.38. The highest BCUT2D eigenvalue weighted by Crippen LogP contribution is 2.34. The van der Waals surface area contributed by atoms with E-state index in [1.54, 1.807) is 6.07 Å². The van der Waals surface area contributed by atoms with Gasteiger partial charge in [0, 0.05) is 11.3 Å². The van der Waals surface area contributed by atoms with E-state index >= 15 is 0 Å². The number of aryl methyl sites for hydroxylation is 2. The molecule has 0 fully saturated rings. The average Bonchev–Trinajstić information content (AvgIpc) is 3.08. The first kappa shape index (κ1) is 18.9. The van der Waals surface area contributed by atoms with Gasteiger partial charge in [-0.1, -0.05) is 54.6 Å².